The average Bonchev–Trinajstić information content (AvgIpc) is 2.39. The van der Waals surface area contributed by atoms with E-state index in [-0.39, 0.29) is 0 Å². The summed E-state index contributed by atoms with van der Waals surface area (Å²) in [6.45, 7) is 2.03. The van der Waals surface area contributed by atoms with E-state index in [4.69, 9.17) is 11.6 Å². The Morgan fingerprint density at radius 3 is 2.47 bits per heavy atom. The first-order valence-corrected chi connectivity index (χ1v) is 6.95. The molecule has 0 radical (unpaired) electrons. The third-order valence-corrected chi connectivity index (χ3v) is 3.69. The SMILES string of the molecule is Cc1ccc(NC(C#N)c2ccc(Cl)cc2Br)cc1. The molecule has 0 heterocycles. The monoisotopic (exact) mass is 334 g/mol. The summed E-state index contributed by atoms with van der Waals surface area (Å²) in [7, 11) is 0. The van der Waals surface area contributed by atoms with Gasteiger partial charge < -0.3 is 5.32 Å². The Balaban J connectivity index is 2.25. The summed E-state index contributed by atoms with van der Waals surface area (Å²) in [6.07, 6.45) is 0. The molecule has 1 unspecified atom stereocenters. The highest BCUT2D eigenvalue weighted by molar-refractivity contribution is 9.10. The fraction of sp³-hybridized carbons (Fsp3) is 0.133. The summed E-state index contributed by atoms with van der Waals surface area (Å²) in [5.41, 5.74) is 2.97. The highest BCUT2D eigenvalue weighted by Gasteiger charge is 2.13. The molecule has 0 amide bonds. The van der Waals surface area contributed by atoms with Gasteiger partial charge >= 0.3 is 0 Å². The number of hydrogen-bond donors (Lipinski definition) is 1. The summed E-state index contributed by atoms with van der Waals surface area (Å²) < 4.78 is 0.825. The van der Waals surface area contributed by atoms with E-state index in [2.05, 4.69) is 27.3 Å². The van der Waals surface area contributed by atoms with Gasteiger partial charge in [0.1, 0.15) is 6.04 Å². The molecule has 0 saturated heterocycles. The highest BCUT2D eigenvalue weighted by Crippen LogP contribution is 2.28. The quantitative estimate of drug-likeness (QED) is 0.848. The van der Waals surface area contributed by atoms with Crippen LogP contribution in [-0.2, 0) is 0 Å². The van der Waals surface area contributed by atoms with E-state index in [1.165, 1.54) is 5.56 Å². The molecule has 2 aromatic rings. The van der Waals surface area contributed by atoms with Crippen LogP contribution < -0.4 is 5.32 Å². The number of nitrogens with one attached hydrogen (secondary N) is 1. The van der Waals surface area contributed by atoms with Gasteiger partial charge in [0.05, 0.1) is 6.07 Å². The third-order valence-electron chi connectivity index (χ3n) is 2.77. The number of nitriles is 1. The molecule has 0 bridgehead atoms. The lowest BCUT2D eigenvalue weighted by molar-refractivity contribution is 0.989. The molecule has 2 aromatic carbocycles. The molecule has 0 aliphatic rings. The van der Waals surface area contributed by atoms with Crippen molar-refractivity contribution in [3.05, 3.63) is 63.1 Å². The second kappa shape index (κ2) is 6.10. The molecule has 96 valence electrons. The topological polar surface area (TPSA) is 35.8 Å². The van der Waals surface area contributed by atoms with Crippen molar-refractivity contribution < 1.29 is 0 Å². The predicted octanol–water partition coefficient (Wildman–Crippen LogP) is 5.09. The van der Waals surface area contributed by atoms with Gasteiger partial charge in [-0.05, 0) is 31.2 Å². The second-order valence-corrected chi connectivity index (χ2v) is 5.53. The van der Waals surface area contributed by atoms with Crippen molar-refractivity contribution in [1.29, 1.82) is 5.26 Å². The summed E-state index contributed by atoms with van der Waals surface area (Å²) in [5, 5.41) is 13.2. The van der Waals surface area contributed by atoms with Crippen LogP contribution in [0.4, 0.5) is 5.69 Å². The Labute approximate surface area is 126 Å². The standard InChI is InChI=1S/C15H12BrClN2/c1-10-2-5-12(6-3-10)19-15(9-18)13-7-4-11(17)8-14(13)16/h2-8,15,19H,1H3. The average molecular weight is 336 g/mol. The molecule has 0 aliphatic heterocycles. The van der Waals surface area contributed by atoms with E-state index < -0.39 is 6.04 Å². The number of benzene rings is 2. The van der Waals surface area contributed by atoms with Crippen molar-refractivity contribution in [2.75, 3.05) is 5.32 Å². The van der Waals surface area contributed by atoms with E-state index >= 15 is 0 Å². The summed E-state index contributed by atoms with van der Waals surface area (Å²) in [5.74, 6) is 0. The molecular formula is C15H12BrClN2. The molecule has 1 N–H and O–H groups in total. The lowest BCUT2D eigenvalue weighted by atomic mass is 10.1. The molecular weight excluding hydrogens is 324 g/mol. The highest BCUT2D eigenvalue weighted by atomic mass is 79.9. The largest absolute Gasteiger partial charge is 0.366 e. The fourth-order valence-electron chi connectivity index (χ4n) is 1.73. The first-order chi connectivity index (χ1) is 9.10. The molecule has 0 aromatic heterocycles. The molecule has 0 fully saturated rings. The van der Waals surface area contributed by atoms with Gasteiger partial charge in [0.15, 0.2) is 0 Å². The third kappa shape index (κ3) is 3.50. The number of rotatable bonds is 3. The smallest absolute Gasteiger partial charge is 0.141 e. The van der Waals surface area contributed by atoms with Crippen molar-refractivity contribution in [3.63, 3.8) is 0 Å². The molecule has 1 atom stereocenters. The maximum absolute atomic E-state index is 9.32. The van der Waals surface area contributed by atoms with Crippen LogP contribution >= 0.6 is 27.5 Å². The predicted molar refractivity (Wildman–Crippen MR) is 82.3 cm³/mol. The molecule has 4 heteroatoms. The van der Waals surface area contributed by atoms with Crippen molar-refractivity contribution in [1.82, 2.24) is 0 Å². The minimum atomic E-state index is -0.422. The Kier molecular flexibility index (Phi) is 4.47. The zero-order valence-corrected chi connectivity index (χ0v) is 12.7. The first kappa shape index (κ1) is 13.9. The normalized spacial score (nSPS) is 11.7. The van der Waals surface area contributed by atoms with Crippen molar-refractivity contribution >= 4 is 33.2 Å². The number of nitrogens with zero attached hydrogens (tertiary/aromatic N) is 1. The number of aryl methyl sites for hydroxylation is 1. The zero-order chi connectivity index (χ0) is 13.8. The fourth-order valence-corrected chi connectivity index (χ4v) is 2.64. The van der Waals surface area contributed by atoms with Crippen molar-refractivity contribution in [2.45, 2.75) is 13.0 Å². The van der Waals surface area contributed by atoms with Gasteiger partial charge in [0, 0.05) is 20.7 Å². The van der Waals surface area contributed by atoms with E-state index in [9.17, 15) is 5.26 Å². The van der Waals surface area contributed by atoms with Gasteiger partial charge in [-0.2, -0.15) is 5.26 Å². The van der Waals surface area contributed by atoms with Crippen LogP contribution in [0, 0.1) is 18.3 Å². The van der Waals surface area contributed by atoms with Gasteiger partial charge in [0.25, 0.3) is 0 Å². The molecule has 0 spiro atoms. The van der Waals surface area contributed by atoms with E-state index in [1.54, 1.807) is 12.1 Å². The lowest BCUT2D eigenvalue weighted by Gasteiger charge is -2.15. The molecule has 0 aliphatic carbocycles. The van der Waals surface area contributed by atoms with Crippen LogP contribution in [0.2, 0.25) is 5.02 Å². The number of halogens is 2. The van der Waals surface area contributed by atoms with Gasteiger partial charge in [-0.15, -0.1) is 0 Å². The number of anilines is 1. The summed E-state index contributed by atoms with van der Waals surface area (Å²) in [4.78, 5) is 0. The second-order valence-electron chi connectivity index (χ2n) is 4.24. The van der Waals surface area contributed by atoms with Crippen molar-refractivity contribution in [3.8, 4) is 6.07 Å². The summed E-state index contributed by atoms with van der Waals surface area (Å²) >= 11 is 9.35. The van der Waals surface area contributed by atoms with Crippen molar-refractivity contribution in [2.24, 2.45) is 0 Å². The van der Waals surface area contributed by atoms with Crippen LogP contribution in [0.5, 0.6) is 0 Å². The number of hydrogen-bond acceptors (Lipinski definition) is 2. The van der Waals surface area contributed by atoms with Crippen LogP contribution in [0.15, 0.2) is 46.9 Å². The zero-order valence-electron chi connectivity index (χ0n) is 10.3. The minimum Gasteiger partial charge on any atom is -0.366 e. The maximum atomic E-state index is 9.32. The Hall–Kier alpha value is -1.50. The lowest BCUT2D eigenvalue weighted by Crippen LogP contribution is -2.09. The first-order valence-electron chi connectivity index (χ1n) is 5.78. The van der Waals surface area contributed by atoms with E-state index in [0.717, 1.165) is 15.7 Å². The molecule has 2 rings (SSSR count). The maximum Gasteiger partial charge on any atom is 0.141 e. The summed E-state index contributed by atoms with van der Waals surface area (Å²) in [6, 6.07) is 15.2. The molecule has 19 heavy (non-hydrogen) atoms. The van der Waals surface area contributed by atoms with Gasteiger partial charge in [-0.1, -0.05) is 51.3 Å². The van der Waals surface area contributed by atoms with Crippen LogP contribution in [-0.4, -0.2) is 0 Å². The van der Waals surface area contributed by atoms with Gasteiger partial charge in [-0.25, -0.2) is 0 Å². The Morgan fingerprint density at radius 2 is 1.89 bits per heavy atom. The van der Waals surface area contributed by atoms with Crippen LogP contribution in [0.25, 0.3) is 0 Å². The van der Waals surface area contributed by atoms with Crippen LogP contribution in [0.3, 0.4) is 0 Å². The van der Waals surface area contributed by atoms with Gasteiger partial charge in [-0.3, -0.25) is 0 Å². The molecule has 2 nitrogen and oxygen atoms in total. The van der Waals surface area contributed by atoms with Crippen LogP contribution in [0.1, 0.15) is 17.2 Å². The van der Waals surface area contributed by atoms with E-state index in [1.807, 2.05) is 37.3 Å². The van der Waals surface area contributed by atoms with Gasteiger partial charge in [0.2, 0.25) is 0 Å². The molecule has 0 saturated carbocycles. The van der Waals surface area contributed by atoms with E-state index in [0.29, 0.717) is 5.02 Å². The Morgan fingerprint density at radius 1 is 1.21 bits per heavy atom. The minimum absolute atomic E-state index is 0.422. The Bertz CT molecular complexity index is 617.